The van der Waals surface area contributed by atoms with Crippen LogP contribution >= 0.6 is 12.4 Å². The van der Waals surface area contributed by atoms with E-state index in [0.29, 0.717) is 24.7 Å². The van der Waals surface area contributed by atoms with Crippen LogP contribution in [0.2, 0.25) is 0 Å². The van der Waals surface area contributed by atoms with Crippen molar-refractivity contribution in [3.63, 3.8) is 0 Å². The van der Waals surface area contributed by atoms with E-state index in [-0.39, 0.29) is 30.2 Å². The van der Waals surface area contributed by atoms with Gasteiger partial charge in [0.15, 0.2) is 11.6 Å². The van der Waals surface area contributed by atoms with E-state index in [0.717, 1.165) is 44.7 Å². The van der Waals surface area contributed by atoms with Crippen LogP contribution in [-0.4, -0.2) is 62.7 Å². The number of nitrogens with one attached hydrogen (secondary N) is 1. The standard InChI is InChI=1S/C15H22FN3O2.C10H14FN3.ClH/c1-15(2,3)21-14(20)19-6-4-5-11(10-19)7-13-17-8-12(16)9-18-13;11-9-6-13-10(14-7-9)4-8-2-1-3-12-5-8;/h8-9,11H,4-7,10H2,1-3H3;6-8,12H,1-5H2;1H/t11-;8-;/m11./s1. The van der Waals surface area contributed by atoms with Crippen molar-refractivity contribution < 1.29 is 18.3 Å². The van der Waals surface area contributed by atoms with Crippen molar-refractivity contribution in [2.45, 2.75) is 64.9 Å². The number of piperidine rings is 2. The summed E-state index contributed by atoms with van der Waals surface area (Å²) < 4.78 is 30.7. The van der Waals surface area contributed by atoms with E-state index in [1.807, 2.05) is 20.8 Å². The first-order valence-electron chi connectivity index (χ1n) is 12.3. The van der Waals surface area contributed by atoms with Gasteiger partial charge in [0, 0.05) is 25.9 Å². The van der Waals surface area contributed by atoms with E-state index in [1.165, 1.54) is 37.6 Å². The van der Waals surface area contributed by atoms with Gasteiger partial charge in [0.1, 0.15) is 17.2 Å². The molecule has 0 saturated carbocycles. The van der Waals surface area contributed by atoms with Gasteiger partial charge >= 0.3 is 6.09 Å². The summed E-state index contributed by atoms with van der Waals surface area (Å²) in [5, 5.41) is 3.34. The number of likely N-dealkylation sites (tertiary alicyclic amines) is 1. The fraction of sp³-hybridized carbons (Fsp3) is 0.640. The first kappa shape index (κ1) is 29.8. The first-order chi connectivity index (χ1) is 16.7. The SMILES string of the molecule is CC(C)(C)OC(=O)N1CCC[C@H](Cc2ncc(F)cn2)C1.Cl.Fc1cnc(C[C@H]2CCCNC2)nc1. The fourth-order valence-corrected chi connectivity index (χ4v) is 4.23. The van der Waals surface area contributed by atoms with Gasteiger partial charge in [-0.05, 0) is 71.4 Å². The third-order valence-electron chi connectivity index (χ3n) is 5.86. The minimum Gasteiger partial charge on any atom is -0.444 e. The lowest BCUT2D eigenvalue weighted by Crippen LogP contribution is -2.43. The number of hydrogen-bond donors (Lipinski definition) is 1. The molecular weight excluding hydrogens is 490 g/mol. The molecule has 1 N–H and O–H groups in total. The van der Waals surface area contributed by atoms with Gasteiger partial charge in [-0.15, -0.1) is 12.4 Å². The van der Waals surface area contributed by atoms with E-state index in [9.17, 15) is 13.6 Å². The Kier molecular flexibility index (Phi) is 11.8. The van der Waals surface area contributed by atoms with Crippen LogP contribution in [0.15, 0.2) is 24.8 Å². The van der Waals surface area contributed by atoms with Gasteiger partial charge in [-0.3, -0.25) is 0 Å². The van der Waals surface area contributed by atoms with E-state index in [2.05, 4.69) is 25.3 Å². The summed E-state index contributed by atoms with van der Waals surface area (Å²) in [5.41, 5.74) is -0.482. The van der Waals surface area contributed by atoms with Crippen molar-refractivity contribution in [3.05, 3.63) is 48.1 Å². The van der Waals surface area contributed by atoms with Crippen molar-refractivity contribution in [3.8, 4) is 0 Å². The second kappa shape index (κ2) is 14.3. The quantitative estimate of drug-likeness (QED) is 0.631. The summed E-state index contributed by atoms with van der Waals surface area (Å²) in [6.45, 7) is 9.07. The highest BCUT2D eigenvalue weighted by Gasteiger charge is 2.28. The van der Waals surface area contributed by atoms with Crippen molar-refractivity contribution >= 4 is 18.5 Å². The molecule has 0 bridgehead atoms. The van der Waals surface area contributed by atoms with Gasteiger partial charge in [0.05, 0.1) is 24.8 Å². The highest BCUT2D eigenvalue weighted by atomic mass is 35.5. The third kappa shape index (κ3) is 10.7. The summed E-state index contributed by atoms with van der Waals surface area (Å²) in [6, 6.07) is 0. The number of carbonyl (C=O) groups excluding carboxylic acids is 1. The lowest BCUT2D eigenvalue weighted by Gasteiger charge is -2.33. The van der Waals surface area contributed by atoms with Gasteiger partial charge in [0.25, 0.3) is 0 Å². The minimum absolute atomic E-state index is 0. The molecule has 2 aromatic heterocycles. The largest absolute Gasteiger partial charge is 0.444 e. The number of amides is 1. The zero-order chi connectivity index (χ0) is 25.3. The predicted molar refractivity (Wildman–Crippen MR) is 135 cm³/mol. The van der Waals surface area contributed by atoms with Gasteiger partial charge < -0.3 is 15.0 Å². The van der Waals surface area contributed by atoms with Crippen LogP contribution < -0.4 is 5.32 Å². The van der Waals surface area contributed by atoms with Gasteiger partial charge in [-0.1, -0.05) is 0 Å². The molecule has 4 heterocycles. The summed E-state index contributed by atoms with van der Waals surface area (Å²) in [4.78, 5) is 29.7. The zero-order valence-corrected chi connectivity index (χ0v) is 22.1. The maximum Gasteiger partial charge on any atom is 0.410 e. The molecule has 2 fully saturated rings. The Hall–Kier alpha value is -2.46. The molecule has 2 atom stereocenters. The second-order valence-electron chi connectivity index (χ2n) is 10.2. The second-order valence-corrected chi connectivity index (χ2v) is 10.2. The lowest BCUT2D eigenvalue weighted by molar-refractivity contribution is 0.0165. The van der Waals surface area contributed by atoms with Crippen LogP contribution in [0.5, 0.6) is 0 Å². The fourth-order valence-electron chi connectivity index (χ4n) is 4.23. The molecule has 0 aliphatic carbocycles. The molecule has 2 aliphatic heterocycles. The highest BCUT2D eigenvalue weighted by Crippen LogP contribution is 2.21. The third-order valence-corrected chi connectivity index (χ3v) is 5.86. The maximum atomic E-state index is 12.8. The Morgan fingerprint density at radius 1 is 0.972 bits per heavy atom. The van der Waals surface area contributed by atoms with Crippen LogP contribution in [0.1, 0.15) is 58.1 Å². The average molecular weight is 527 g/mol. The molecule has 0 radical (unpaired) electrons. The molecule has 200 valence electrons. The molecule has 1 amide bonds. The summed E-state index contributed by atoms with van der Waals surface area (Å²) in [6.07, 6.45) is 10.4. The number of aromatic nitrogens is 4. The summed E-state index contributed by atoms with van der Waals surface area (Å²) in [5.74, 6) is 1.46. The predicted octanol–water partition coefficient (Wildman–Crippen LogP) is 4.38. The topological polar surface area (TPSA) is 93.1 Å². The number of hydrogen-bond acceptors (Lipinski definition) is 7. The smallest absolute Gasteiger partial charge is 0.410 e. The molecule has 2 aromatic rings. The van der Waals surface area contributed by atoms with Crippen molar-refractivity contribution in [1.29, 1.82) is 0 Å². The average Bonchev–Trinajstić information content (AvgIpc) is 2.82. The van der Waals surface area contributed by atoms with E-state index in [4.69, 9.17) is 4.74 Å². The normalized spacial score (nSPS) is 20.0. The minimum atomic E-state index is -0.482. The Labute approximate surface area is 218 Å². The zero-order valence-electron chi connectivity index (χ0n) is 21.3. The molecule has 11 heteroatoms. The van der Waals surface area contributed by atoms with Crippen LogP contribution in [-0.2, 0) is 17.6 Å². The van der Waals surface area contributed by atoms with Crippen LogP contribution in [0.4, 0.5) is 13.6 Å². The molecule has 2 aliphatic rings. The van der Waals surface area contributed by atoms with Gasteiger partial charge in [0.2, 0.25) is 0 Å². The number of halogens is 3. The molecule has 0 spiro atoms. The Morgan fingerprint density at radius 3 is 2.00 bits per heavy atom. The van der Waals surface area contributed by atoms with Crippen molar-refractivity contribution in [2.24, 2.45) is 11.8 Å². The highest BCUT2D eigenvalue weighted by molar-refractivity contribution is 5.85. The number of rotatable bonds is 4. The molecule has 8 nitrogen and oxygen atoms in total. The summed E-state index contributed by atoms with van der Waals surface area (Å²) in [7, 11) is 0. The Balaban J connectivity index is 0.000000265. The molecule has 36 heavy (non-hydrogen) atoms. The molecular formula is C25H37ClF2N6O2. The molecule has 2 saturated heterocycles. The number of nitrogens with zero attached hydrogens (tertiary/aromatic N) is 5. The Bertz CT molecular complexity index is 922. The van der Waals surface area contributed by atoms with Crippen molar-refractivity contribution in [1.82, 2.24) is 30.2 Å². The van der Waals surface area contributed by atoms with E-state index in [1.54, 1.807) is 4.90 Å². The molecule has 0 aromatic carbocycles. The van der Waals surface area contributed by atoms with Crippen LogP contribution in [0, 0.1) is 23.5 Å². The lowest BCUT2D eigenvalue weighted by atomic mass is 9.95. The molecule has 4 rings (SSSR count). The first-order valence-corrected chi connectivity index (χ1v) is 12.3. The van der Waals surface area contributed by atoms with Crippen molar-refractivity contribution in [2.75, 3.05) is 26.2 Å². The van der Waals surface area contributed by atoms with Gasteiger partial charge in [-0.25, -0.2) is 33.5 Å². The van der Waals surface area contributed by atoms with Crippen LogP contribution in [0.25, 0.3) is 0 Å². The Morgan fingerprint density at radius 2 is 1.50 bits per heavy atom. The van der Waals surface area contributed by atoms with E-state index >= 15 is 0 Å². The number of carbonyl (C=O) groups is 1. The van der Waals surface area contributed by atoms with E-state index < -0.39 is 11.4 Å². The number of ether oxygens (including phenoxy) is 1. The molecule has 0 unspecified atom stereocenters. The van der Waals surface area contributed by atoms with Crippen LogP contribution in [0.3, 0.4) is 0 Å². The monoisotopic (exact) mass is 526 g/mol. The van der Waals surface area contributed by atoms with Gasteiger partial charge in [-0.2, -0.15) is 0 Å². The summed E-state index contributed by atoms with van der Waals surface area (Å²) >= 11 is 0. The maximum absolute atomic E-state index is 12.8.